The first-order chi connectivity index (χ1) is 8.41. The number of carbonyl (C=O) groups is 2. The van der Waals surface area contributed by atoms with Crippen LogP contribution in [0.5, 0.6) is 0 Å². The Labute approximate surface area is 112 Å². The maximum absolute atomic E-state index is 11.7. The van der Waals surface area contributed by atoms with Gasteiger partial charge in [0.05, 0.1) is 6.54 Å². The highest BCUT2D eigenvalue weighted by molar-refractivity contribution is 6.30. The SMILES string of the molecule is Cc1cccc(C)c1NC(=O)CNC(=O)[C@H](C)Cl. The average molecular weight is 269 g/mol. The molecule has 0 heterocycles. The molecular weight excluding hydrogens is 252 g/mol. The predicted molar refractivity (Wildman–Crippen MR) is 72.9 cm³/mol. The molecule has 1 aromatic rings. The second kappa shape index (κ2) is 6.40. The highest BCUT2D eigenvalue weighted by Gasteiger charge is 2.11. The molecule has 2 amide bonds. The summed E-state index contributed by atoms with van der Waals surface area (Å²) >= 11 is 5.58. The van der Waals surface area contributed by atoms with Crippen molar-refractivity contribution in [2.45, 2.75) is 26.1 Å². The molecule has 1 rings (SSSR count). The zero-order chi connectivity index (χ0) is 13.7. The van der Waals surface area contributed by atoms with Gasteiger partial charge in [-0.05, 0) is 31.9 Å². The summed E-state index contributed by atoms with van der Waals surface area (Å²) < 4.78 is 0. The first-order valence-electron chi connectivity index (χ1n) is 5.69. The van der Waals surface area contributed by atoms with E-state index in [9.17, 15) is 9.59 Å². The van der Waals surface area contributed by atoms with Crippen LogP contribution in [0.4, 0.5) is 5.69 Å². The maximum atomic E-state index is 11.7. The molecule has 2 N–H and O–H groups in total. The molecule has 98 valence electrons. The fourth-order valence-corrected chi connectivity index (χ4v) is 1.58. The third-order valence-corrected chi connectivity index (χ3v) is 2.73. The van der Waals surface area contributed by atoms with E-state index in [4.69, 9.17) is 11.6 Å². The van der Waals surface area contributed by atoms with Gasteiger partial charge in [0.1, 0.15) is 5.38 Å². The van der Waals surface area contributed by atoms with Gasteiger partial charge in [0.15, 0.2) is 0 Å². The van der Waals surface area contributed by atoms with Gasteiger partial charge in [0.25, 0.3) is 0 Å². The Kier molecular flexibility index (Phi) is 5.16. The average Bonchev–Trinajstić information content (AvgIpc) is 2.30. The van der Waals surface area contributed by atoms with Gasteiger partial charge in [-0.15, -0.1) is 11.6 Å². The zero-order valence-electron chi connectivity index (χ0n) is 10.7. The minimum atomic E-state index is -0.641. The molecule has 5 heteroatoms. The summed E-state index contributed by atoms with van der Waals surface area (Å²) in [5.74, 6) is -0.619. The van der Waals surface area contributed by atoms with E-state index in [0.717, 1.165) is 16.8 Å². The molecule has 1 aromatic carbocycles. The molecule has 1 atom stereocenters. The second-order valence-corrected chi connectivity index (χ2v) is 4.80. The number of halogens is 1. The number of para-hydroxylation sites is 1. The van der Waals surface area contributed by atoms with E-state index in [2.05, 4.69) is 10.6 Å². The summed E-state index contributed by atoms with van der Waals surface area (Å²) in [7, 11) is 0. The summed E-state index contributed by atoms with van der Waals surface area (Å²) in [5.41, 5.74) is 2.76. The summed E-state index contributed by atoms with van der Waals surface area (Å²) in [6, 6.07) is 5.77. The van der Waals surface area contributed by atoms with Crippen LogP contribution in [-0.2, 0) is 9.59 Å². The van der Waals surface area contributed by atoms with Crippen molar-refractivity contribution in [3.63, 3.8) is 0 Å². The van der Waals surface area contributed by atoms with Gasteiger partial charge >= 0.3 is 0 Å². The van der Waals surface area contributed by atoms with Crippen molar-refractivity contribution in [2.75, 3.05) is 11.9 Å². The molecule has 0 unspecified atom stereocenters. The summed E-state index contributed by atoms with van der Waals surface area (Å²) in [6.45, 7) is 5.31. The van der Waals surface area contributed by atoms with Gasteiger partial charge in [-0.1, -0.05) is 18.2 Å². The minimum absolute atomic E-state index is 0.0797. The van der Waals surface area contributed by atoms with E-state index in [1.165, 1.54) is 0 Å². The van der Waals surface area contributed by atoms with Crippen LogP contribution in [0.3, 0.4) is 0 Å². The molecule has 0 saturated heterocycles. The summed E-state index contributed by atoms with van der Waals surface area (Å²) in [4.78, 5) is 22.9. The van der Waals surface area contributed by atoms with E-state index < -0.39 is 5.38 Å². The first-order valence-corrected chi connectivity index (χ1v) is 6.13. The molecule has 0 aromatic heterocycles. The minimum Gasteiger partial charge on any atom is -0.346 e. The largest absolute Gasteiger partial charge is 0.346 e. The van der Waals surface area contributed by atoms with Gasteiger partial charge in [-0.2, -0.15) is 0 Å². The van der Waals surface area contributed by atoms with Crippen LogP contribution in [0, 0.1) is 13.8 Å². The van der Waals surface area contributed by atoms with Crippen molar-refractivity contribution in [3.05, 3.63) is 29.3 Å². The van der Waals surface area contributed by atoms with E-state index in [1.54, 1.807) is 6.92 Å². The van der Waals surface area contributed by atoms with Crippen LogP contribution in [-0.4, -0.2) is 23.7 Å². The number of hydrogen-bond acceptors (Lipinski definition) is 2. The van der Waals surface area contributed by atoms with Gasteiger partial charge in [-0.25, -0.2) is 0 Å². The number of rotatable bonds is 4. The van der Waals surface area contributed by atoms with Crippen LogP contribution in [0.15, 0.2) is 18.2 Å². The first kappa shape index (κ1) is 14.5. The molecule has 0 spiro atoms. The lowest BCUT2D eigenvalue weighted by molar-refractivity contribution is -0.123. The Morgan fingerprint density at radius 2 is 1.83 bits per heavy atom. The van der Waals surface area contributed by atoms with Crippen LogP contribution >= 0.6 is 11.6 Å². The Balaban J connectivity index is 2.58. The van der Waals surface area contributed by atoms with Crippen molar-refractivity contribution < 1.29 is 9.59 Å². The number of hydrogen-bond donors (Lipinski definition) is 2. The van der Waals surface area contributed by atoms with Crippen molar-refractivity contribution in [3.8, 4) is 0 Å². The molecule has 0 radical (unpaired) electrons. The van der Waals surface area contributed by atoms with Crippen molar-refractivity contribution >= 4 is 29.1 Å². The molecule has 0 fully saturated rings. The molecular formula is C13H17ClN2O2. The lowest BCUT2D eigenvalue weighted by Crippen LogP contribution is -2.36. The molecule has 4 nitrogen and oxygen atoms in total. The molecule has 0 aliphatic heterocycles. The quantitative estimate of drug-likeness (QED) is 0.821. The van der Waals surface area contributed by atoms with Gasteiger partial charge < -0.3 is 10.6 Å². The number of alkyl halides is 1. The fourth-order valence-electron chi connectivity index (χ4n) is 1.50. The number of nitrogens with one attached hydrogen (secondary N) is 2. The fraction of sp³-hybridized carbons (Fsp3) is 0.385. The third-order valence-electron chi connectivity index (χ3n) is 2.53. The van der Waals surface area contributed by atoms with Crippen molar-refractivity contribution in [1.82, 2.24) is 5.32 Å². The Bertz CT molecular complexity index is 438. The van der Waals surface area contributed by atoms with E-state index in [1.807, 2.05) is 32.0 Å². The van der Waals surface area contributed by atoms with Crippen LogP contribution < -0.4 is 10.6 Å². The maximum Gasteiger partial charge on any atom is 0.243 e. The predicted octanol–water partition coefficient (Wildman–Crippen LogP) is 1.99. The van der Waals surface area contributed by atoms with E-state index >= 15 is 0 Å². The molecule has 0 bridgehead atoms. The van der Waals surface area contributed by atoms with Crippen LogP contribution in [0.2, 0.25) is 0 Å². The standard InChI is InChI=1S/C13H17ClN2O2/c1-8-5-4-6-9(2)12(8)16-11(17)7-15-13(18)10(3)14/h4-6,10H,7H2,1-3H3,(H,15,18)(H,16,17)/t10-/m0/s1. The Hall–Kier alpha value is -1.55. The highest BCUT2D eigenvalue weighted by atomic mass is 35.5. The summed E-state index contributed by atoms with van der Waals surface area (Å²) in [5, 5.41) is 4.59. The van der Waals surface area contributed by atoms with Crippen LogP contribution in [0.25, 0.3) is 0 Å². The molecule has 0 saturated carbocycles. The number of aryl methyl sites for hydroxylation is 2. The van der Waals surface area contributed by atoms with E-state index in [0.29, 0.717) is 0 Å². The Morgan fingerprint density at radius 3 is 2.33 bits per heavy atom. The second-order valence-electron chi connectivity index (χ2n) is 4.15. The highest BCUT2D eigenvalue weighted by Crippen LogP contribution is 2.18. The van der Waals surface area contributed by atoms with Gasteiger partial charge in [0.2, 0.25) is 11.8 Å². The number of amides is 2. The monoisotopic (exact) mass is 268 g/mol. The van der Waals surface area contributed by atoms with Gasteiger partial charge in [-0.3, -0.25) is 9.59 Å². The topological polar surface area (TPSA) is 58.2 Å². The van der Waals surface area contributed by atoms with Crippen molar-refractivity contribution in [1.29, 1.82) is 0 Å². The molecule has 0 aliphatic carbocycles. The van der Waals surface area contributed by atoms with Gasteiger partial charge in [0, 0.05) is 5.69 Å². The smallest absolute Gasteiger partial charge is 0.243 e. The number of benzene rings is 1. The summed E-state index contributed by atoms with van der Waals surface area (Å²) in [6.07, 6.45) is 0. The molecule has 0 aliphatic rings. The Morgan fingerprint density at radius 1 is 1.28 bits per heavy atom. The number of carbonyl (C=O) groups excluding carboxylic acids is 2. The lowest BCUT2D eigenvalue weighted by atomic mass is 10.1. The molecule has 18 heavy (non-hydrogen) atoms. The normalized spacial score (nSPS) is 11.8. The third kappa shape index (κ3) is 4.04. The van der Waals surface area contributed by atoms with E-state index in [-0.39, 0.29) is 18.4 Å². The van der Waals surface area contributed by atoms with Crippen molar-refractivity contribution in [2.24, 2.45) is 0 Å². The lowest BCUT2D eigenvalue weighted by Gasteiger charge is -2.12. The van der Waals surface area contributed by atoms with Crippen LogP contribution in [0.1, 0.15) is 18.1 Å². The zero-order valence-corrected chi connectivity index (χ0v) is 11.5. The number of anilines is 1.